The van der Waals surface area contributed by atoms with E-state index in [1.54, 1.807) is 6.07 Å². The van der Waals surface area contributed by atoms with Crippen molar-refractivity contribution in [2.75, 3.05) is 6.61 Å². The van der Waals surface area contributed by atoms with E-state index in [1.165, 1.54) is 18.2 Å². The standard InChI is InChI=1S/C27H28Cl2O5S/c1-27(2,3)34-26(30)10-7-13-33-25-12-11-20(19-8-5-4-6-9-19)14-21(25)18-35(31,32)24-16-22(28)15-23(29)17-24/h4-6,8-9,11-12,14-17H,7,10,13,18H2,1-3H3. The Morgan fingerprint density at radius 3 is 2.17 bits per heavy atom. The van der Waals surface area contributed by atoms with Crippen molar-refractivity contribution in [1.82, 2.24) is 0 Å². The SMILES string of the molecule is CC(C)(C)OC(=O)CCCOc1ccc(-c2ccccc2)cc1CS(=O)(=O)c1cc(Cl)cc(Cl)c1. The van der Waals surface area contributed by atoms with Crippen LogP contribution in [0.25, 0.3) is 11.1 Å². The number of carbonyl (C=O) groups excluding carboxylic acids is 1. The highest BCUT2D eigenvalue weighted by atomic mass is 35.5. The van der Waals surface area contributed by atoms with Gasteiger partial charge in [-0.05, 0) is 68.7 Å². The Morgan fingerprint density at radius 1 is 0.886 bits per heavy atom. The van der Waals surface area contributed by atoms with Crippen molar-refractivity contribution in [3.63, 3.8) is 0 Å². The van der Waals surface area contributed by atoms with Crippen LogP contribution in [0.2, 0.25) is 10.0 Å². The number of hydrogen-bond acceptors (Lipinski definition) is 5. The second-order valence-corrected chi connectivity index (χ2v) is 12.0. The van der Waals surface area contributed by atoms with Crippen LogP contribution < -0.4 is 4.74 Å². The zero-order valence-electron chi connectivity index (χ0n) is 19.9. The highest BCUT2D eigenvalue weighted by Gasteiger charge is 2.21. The Kier molecular flexibility index (Phi) is 8.86. The largest absolute Gasteiger partial charge is 0.493 e. The maximum Gasteiger partial charge on any atom is 0.306 e. The van der Waals surface area contributed by atoms with Gasteiger partial charge in [-0.15, -0.1) is 0 Å². The Hall–Kier alpha value is -2.54. The molecule has 35 heavy (non-hydrogen) atoms. The maximum atomic E-state index is 13.2. The molecule has 5 nitrogen and oxygen atoms in total. The summed E-state index contributed by atoms with van der Waals surface area (Å²) in [4.78, 5) is 12.0. The number of hydrogen-bond donors (Lipinski definition) is 0. The van der Waals surface area contributed by atoms with E-state index < -0.39 is 15.4 Å². The lowest BCUT2D eigenvalue weighted by atomic mass is 10.0. The molecule has 0 aliphatic heterocycles. The number of esters is 1. The monoisotopic (exact) mass is 534 g/mol. The Labute approximate surface area is 216 Å². The summed E-state index contributed by atoms with van der Waals surface area (Å²) in [6, 6.07) is 19.3. The fourth-order valence-electron chi connectivity index (χ4n) is 3.43. The number of benzene rings is 3. The zero-order chi connectivity index (χ0) is 25.6. The normalized spacial score (nSPS) is 11.8. The van der Waals surface area contributed by atoms with E-state index in [0.29, 0.717) is 17.7 Å². The van der Waals surface area contributed by atoms with Crippen molar-refractivity contribution in [2.45, 2.75) is 49.9 Å². The Bertz CT molecular complexity index is 1260. The molecular weight excluding hydrogens is 507 g/mol. The molecule has 0 heterocycles. The third-order valence-corrected chi connectivity index (χ3v) is 6.99. The Morgan fingerprint density at radius 2 is 1.54 bits per heavy atom. The molecule has 0 radical (unpaired) electrons. The van der Waals surface area contributed by atoms with Crippen LogP contribution in [0.3, 0.4) is 0 Å². The minimum absolute atomic E-state index is 0.0380. The molecule has 0 spiro atoms. The molecule has 8 heteroatoms. The first-order valence-corrected chi connectivity index (χ1v) is 13.6. The lowest BCUT2D eigenvalue weighted by molar-refractivity contribution is -0.155. The molecule has 0 aliphatic rings. The molecule has 3 aromatic carbocycles. The third-order valence-electron chi connectivity index (χ3n) is 4.91. The van der Waals surface area contributed by atoms with E-state index in [2.05, 4.69) is 0 Å². The molecule has 0 bridgehead atoms. The van der Waals surface area contributed by atoms with Gasteiger partial charge in [-0.25, -0.2) is 8.42 Å². The van der Waals surface area contributed by atoms with Crippen LogP contribution in [0.1, 0.15) is 39.2 Å². The second kappa shape index (κ2) is 11.5. The molecule has 0 saturated heterocycles. The number of sulfone groups is 1. The summed E-state index contributed by atoms with van der Waals surface area (Å²) >= 11 is 12.1. The van der Waals surface area contributed by atoms with E-state index in [9.17, 15) is 13.2 Å². The fraction of sp³-hybridized carbons (Fsp3) is 0.296. The van der Waals surface area contributed by atoms with E-state index in [-0.39, 0.29) is 39.7 Å². The van der Waals surface area contributed by atoms with Gasteiger partial charge in [-0.2, -0.15) is 0 Å². The van der Waals surface area contributed by atoms with Gasteiger partial charge in [0.05, 0.1) is 17.3 Å². The topological polar surface area (TPSA) is 69.7 Å². The van der Waals surface area contributed by atoms with Crippen molar-refractivity contribution in [3.8, 4) is 16.9 Å². The molecule has 0 aliphatic carbocycles. The van der Waals surface area contributed by atoms with Crippen molar-refractivity contribution < 1.29 is 22.7 Å². The second-order valence-electron chi connectivity index (χ2n) is 9.09. The van der Waals surface area contributed by atoms with Crippen LogP contribution in [-0.2, 0) is 25.1 Å². The maximum absolute atomic E-state index is 13.2. The fourth-order valence-corrected chi connectivity index (χ4v) is 5.50. The van der Waals surface area contributed by atoms with Gasteiger partial charge in [0.15, 0.2) is 9.84 Å². The summed E-state index contributed by atoms with van der Waals surface area (Å²) in [5, 5.41) is 0.487. The number of ether oxygens (including phenoxy) is 2. The Balaban J connectivity index is 1.83. The lowest BCUT2D eigenvalue weighted by Gasteiger charge is -2.19. The first-order valence-electron chi connectivity index (χ1n) is 11.1. The molecule has 3 aromatic rings. The lowest BCUT2D eigenvalue weighted by Crippen LogP contribution is -2.24. The molecule has 0 aromatic heterocycles. The summed E-state index contributed by atoms with van der Waals surface area (Å²) in [5.74, 6) is -0.169. The predicted molar refractivity (Wildman–Crippen MR) is 140 cm³/mol. The average molecular weight is 535 g/mol. The van der Waals surface area contributed by atoms with Gasteiger partial charge in [0.25, 0.3) is 0 Å². The summed E-state index contributed by atoms with van der Waals surface area (Å²) in [6.45, 7) is 5.68. The number of halogens is 2. The van der Waals surface area contributed by atoms with E-state index in [4.69, 9.17) is 32.7 Å². The highest BCUT2D eigenvalue weighted by Crippen LogP contribution is 2.31. The van der Waals surface area contributed by atoms with Crippen LogP contribution in [0.4, 0.5) is 0 Å². The van der Waals surface area contributed by atoms with Crippen molar-refractivity contribution in [3.05, 3.63) is 82.3 Å². The molecule has 0 fully saturated rings. The first-order chi connectivity index (χ1) is 16.4. The number of rotatable bonds is 9. The van der Waals surface area contributed by atoms with Gasteiger partial charge in [0, 0.05) is 22.0 Å². The minimum Gasteiger partial charge on any atom is -0.493 e. The van der Waals surface area contributed by atoms with Crippen LogP contribution in [0.5, 0.6) is 5.75 Å². The molecule has 0 saturated carbocycles. The molecule has 0 N–H and O–H groups in total. The van der Waals surface area contributed by atoms with E-state index in [0.717, 1.165) is 11.1 Å². The van der Waals surface area contributed by atoms with Gasteiger partial charge in [-0.1, -0.05) is 59.6 Å². The molecule has 0 unspecified atom stereocenters. The summed E-state index contributed by atoms with van der Waals surface area (Å²) in [5.41, 5.74) is 1.77. The van der Waals surface area contributed by atoms with Gasteiger partial charge in [0.2, 0.25) is 0 Å². The van der Waals surface area contributed by atoms with Crippen LogP contribution in [-0.4, -0.2) is 26.6 Å². The molecule has 186 valence electrons. The summed E-state index contributed by atoms with van der Waals surface area (Å²) in [6.07, 6.45) is 0.638. The predicted octanol–water partition coefficient (Wildman–Crippen LogP) is 7.14. The van der Waals surface area contributed by atoms with Gasteiger partial charge in [0.1, 0.15) is 11.4 Å². The smallest absolute Gasteiger partial charge is 0.306 e. The molecular formula is C27H28Cl2O5S. The quantitative estimate of drug-likeness (QED) is 0.215. The molecule has 0 amide bonds. The molecule has 0 atom stereocenters. The van der Waals surface area contributed by atoms with Gasteiger partial charge >= 0.3 is 5.97 Å². The van der Waals surface area contributed by atoms with E-state index >= 15 is 0 Å². The first kappa shape index (κ1) is 27.1. The molecule has 3 rings (SSSR count). The minimum atomic E-state index is -3.77. The number of carbonyl (C=O) groups is 1. The van der Waals surface area contributed by atoms with Crippen molar-refractivity contribution in [1.29, 1.82) is 0 Å². The van der Waals surface area contributed by atoms with Crippen LogP contribution >= 0.6 is 23.2 Å². The highest BCUT2D eigenvalue weighted by molar-refractivity contribution is 7.90. The summed E-state index contributed by atoms with van der Waals surface area (Å²) < 4.78 is 37.7. The van der Waals surface area contributed by atoms with Crippen LogP contribution in [0.15, 0.2) is 71.6 Å². The summed E-state index contributed by atoms with van der Waals surface area (Å²) in [7, 11) is -3.77. The average Bonchev–Trinajstić information content (AvgIpc) is 2.76. The van der Waals surface area contributed by atoms with Gasteiger partial charge < -0.3 is 9.47 Å². The van der Waals surface area contributed by atoms with Gasteiger partial charge in [-0.3, -0.25) is 4.79 Å². The van der Waals surface area contributed by atoms with Crippen molar-refractivity contribution >= 4 is 39.0 Å². The van der Waals surface area contributed by atoms with Crippen LogP contribution in [0, 0.1) is 0 Å². The van der Waals surface area contributed by atoms with Crippen molar-refractivity contribution in [2.24, 2.45) is 0 Å². The zero-order valence-corrected chi connectivity index (χ0v) is 22.2. The van der Waals surface area contributed by atoms with E-state index in [1.807, 2.05) is 63.2 Å². The third kappa shape index (κ3) is 8.27.